The number of benzene rings is 1. The molecule has 14 heavy (non-hydrogen) atoms. The number of nitrogens with two attached hydrogens (primary N) is 1. The summed E-state index contributed by atoms with van der Waals surface area (Å²) in [6.45, 7) is 3.67. The van der Waals surface area contributed by atoms with Gasteiger partial charge in [0.2, 0.25) is 0 Å². The smallest absolute Gasteiger partial charge is 0.0997 e. The summed E-state index contributed by atoms with van der Waals surface area (Å²) in [5.74, 6) is 0. The fourth-order valence-electron chi connectivity index (χ4n) is 1.49. The van der Waals surface area contributed by atoms with Crippen LogP contribution in [-0.2, 0) is 0 Å². The molecule has 0 aliphatic rings. The van der Waals surface area contributed by atoms with Crippen LogP contribution in [0.4, 0.5) is 0 Å². The highest BCUT2D eigenvalue weighted by Crippen LogP contribution is 2.19. The van der Waals surface area contributed by atoms with Crippen molar-refractivity contribution in [1.82, 2.24) is 0 Å². The number of aryl methyl sites for hydroxylation is 2. The van der Waals surface area contributed by atoms with Crippen LogP contribution < -0.4 is 5.73 Å². The van der Waals surface area contributed by atoms with Crippen molar-refractivity contribution < 1.29 is 5.11 Å². The summed E-state index contributed by atoms with van der Waals surface area (Å²) in [5, 5.41) is 17.8. The van der Waals surface area contributed by atoms with Crippen molar-refractivity contribution >= 4 is 0 Å². The van der Waals surface area contributed by atoms with Gasteiger partial charge >= 0.3 is 0 Å². The number of hydrogen-bond acceptors (Lipinski definition) is 3. The summed E-state index contributed by atoms with van der Waals surface area (Å²) in [6.07, 6.45) is 0. The SMILES string of the molecule is Cc1cc([C@H](N)CO)cc(C)c1C#N. The van der Waals surface area contributed by atoms with E-state index in [1.165, 1.54) is 0 Å². The molecule has 0 amide bonds. The van der Waals surface area contributed by atoms with Crippen LogP contribution in [0.3, 0.4) is 0 Å². The van der Waals surface area contributed by atoms with Crippen molar-refractivity contribution in [2.45, 2.75) is 19.9 Å². The molecule has 0 saturated heterocycles. The molecule has 1 atom stereocenters. The largest absolute Gasteiger partial charge is 0.394 e. The molecule has 0 aliphatic heterocycles. The molecule has 0 unspecified atom stereocenters. The van der Waals surface area contributed by atoms with Crippen molar-refractivity contribution in [3.05, 3.63) is 34.4 Å². The van der Waals surface area contributed by atoms with Gasteiger partial charge in [0.05, 0.1) is 24.3 Å². The lowest BCUT2D eigenvalue weighted by Gasteiger charge is -2.12. The van der Waals surface area contributed by atoms with Gasteiger partial charge in [-0.2, -0.15) is 5.26 Å². The van der Waals surface area contributed by atoms with Crippen LogP contribution in [0.5, 0.6) is 0 Å². The van der Waals surface area contributed by atoms with E-state index in [2.05, 4.69) is 6.07 Å². The summed E-state index contributed by atoms with van der Waals surface area (Å²) >= 11 is 0. The van der Waals surface area contributed by atoms with E-state index >= 15 is 0 Å². The monoisotopic (exact) mass is 190 g/mol. The summed E-state index contributed by atoms with van der Waals surface area (Å²) < 4.78 is 0. The van der Waals surface area contributed by atoms with Gasteiger partial charge in [0.15, 0.2) is 0 Å². The molecule has 0 spiro atoms. The average molecular weight is 190 g/mol. The zero-order chi connectivity index (χ0) is 10.7. The molecule has 1 rings (SSSR count). The standard InChI is InChI=1S/C11H14N2O/c1-7-3-9(11(13)6-14)4-8(2)10(7)5-12/h3-4,11,14H,6,13H2,1-2H3/t11-/m1/s1. The first-order valence-electron chi connectivity index (χ1n) is 4.47. The quantitative estimate of drug-likeness (QED) is 0.735. The molecule has 74 valence electrons. The van der Waals surface area contributed by atoms with Crippen molar-refractivity contribution in [2.24, 2.45) is 5.73 Å². The second-order valence-corrected chi connectivity index (χ2v) is 3.43. The van der Waals surface area contributed by atoms with Crippen LogP contribution in [-0.4, -0.2) is 11.7 Å². The first kappa shape index (κ1) is 10.7. The molecule has 0 fully saturated rings. The van der Waals surface area contributed by atoms with Crippen molar-refractivity contribution in [2.75, 3.05) is 6.61 Å². The zero-order valence-electron chi connectivity index (χ0n) is 8.41. The highest BCUT2D eigenvalue weighted by molar-refractivity contribution is 5.46. The number of nitriles is 1. The summed E-state index contributed by atoms with van der Waals surface area (Å²) in [6, 6.07) is 5.49. The van der Waals surface area contributed by atoms with Crippen LogP contribution in [0.25, 0.3) is 0 Å². The molecule has 0 aliphatic carbocycles. The number of hydrogen-bond donors (Lipinski definition) is 2. The fraction of sp³-hybridized carbons (Fsp3) is 0.364. The van der Waals surface area contributed by atoms with E-state index in [0.29, 0.717) is 5.56 Å². The molecule has 0 bridgehead atoms. The first-order chi connectivity index (χ1) is 6.60. The van der Waals surface area contributed by atoms with E-state index < -0.39 is 0 Å². The number of aliphatic hydroxyl groups is 1. The van der Waals surface area contributed by atoms with Gasteiger partial charge in [-0.25, -0.2) is 0 Å². The van der Waals surface area contributed by atoms with Crippen LogP contribution in [0, 0.1) is 25.2 Å². The third-order valence-corrected chi connectivity index (χ3v) is 2.29. The summed E-state index contributed by atoms with van der Waals surface area (Å²) in [5.41, 5.74) is 9.08. The third-order valence-electron chi connectivity index (χ3n) is 2.29. The lowest BCUT2D eigenvalue weighted by Crippen LogP contribution is -2.15. The number of nitrogens with zero attached hydrogens (tertiary/aromatic N) is 1. The van der Waals surface area contributed by atoms with Crippen molar-refractivity contribution in [1.29, 1.82) is 5.26 Å². The Bertz CT molecular complexity index is 356. The van der Waals surface area contributed by atoms with Gasteiger partial charge in [-0.1, -0.05) is 12.1 Å². The average Bonchev–Trinajstić information content (AvgIpc) is 2.16. The van der Waals surface area contributed by atoms with Gasteiger partial charge in [-0.15, -0.1) is 0 Å². The molecule has 1 aromatic carbocycles. The van der Waals surface area contributed by atoms with Crippen LogP contribution in [0.15, 0.2) is 12.1 Å². The zero-order valence-corrected chi connectivity index (χ0v) is 8.41. The Morgan fingerprint density at radius 1 is 1.43 bits per heavy atom. The van der Waals surface area contributed by atoms with Gasteiger partial charge in [0.25, 0.3) is 0 Å². The lowest BCUT2D eigenvalue weighted by molar-refractivity contribution is 0.268. The Kier molecular flexibility index (Phi) is 3.23. The molecular weight excluding hydrogens is 176 g/mol. The number of aliphatic hydroxyl groups excluding tert-OH is 1. The highest BCUT2D eigenvalue weighted by Gasteiger charge is 2.09. The van der Waals surface area contributed by atoms with Gasteiger partial charge in [-0.05, 0) is 30.5 Å². The molecule has 0 aromatic heterocycles. The summed E-state index contributed by atoms with van der Waals surface area (Å²) in [4.78, 5) is 0. The Hall–Kier alpha value is -1.37. The molecule has 3 heteroatoms. The minimum Gasteiger partial charge on any atom is -0.394 e. The lowest BCUT2D eigenvalue weighted by atomic mass is 9.97. The second-order valence-electron chi connectivity index (χ2n) is 3.43. The summed E-state index contributed by atoms with van der Waals surface area (Å²) in [7, 11) is 0. The Balaban J connectivity index is 3.22. The third kappa shape index (κ3) is 1.92. The topological polar surface area (TPSA) is 70.0 Å². The minimum atomic E-state index is -0.361. The minimum absolute atomic E-state index is 0.0786. The Morgan fingerprint density at radius 3 is 2.29 bits per heavy atom. The normalized spacial score (nSPS) is 12.2. The molecule has 0 saturated carbocycles. The highest BCUT2D eigenvalue weighted by atomic mass is 16.3. The van der Waals surface area contributed by atoms with E-state index in [1.54, 1.807) is 0 Å². The van der Waals surface area contributed by atoms with E-state index in [-0.39, 0.29) is 12.6 Å². The molecule has 3 N–H and O–H groups in total. The fourth-order valence-corrected chi connectivity index (χ4v) is 1.49. The maximum Gasteiger partial charge on any atom is 0.0997 e. The predicted molar refractivity (Wildman–Crippen MR) is 54.6 cm³/mol. The Morgan fingerprint density at radius 2 is 1.93 bits per heavy atom. The van der Waals surface area contributed by atoms with Gasteiger partial charge < -0.3 is 10.8 Å². The molecule has 1 aromatic rings. The van der Waals surface area contributed by atoms with E-state index in [4.69, 9.17) is 16.1 Å². The van der Waals surface area contributed by atoms with Gasteiger partial charge in [-0.3, -0.25) is 0 Å². The second kappa shape index (κ2) is 4.23. The van der Waals surface area contributed by atoms with E-state index in [9.17, 15) is 0 Å². The van der Waals surface area contributed by atoms with E-state index in [0.717, 1.165) is 16.7 Å². The van der Waals surface area contributed by atoms with Crippen LogP contribution in [0.1, 0.15) is 28.3 Å². The maximum absolute atomic E-state index is 8.91. The Labute approximate surface area is 83.8 Å². The molecule has 0 radical (unpaired) electrons. The first-order valence-corrected chi connectivity index (χ1v) is 4.47. The molecule has 3 nitrogen and oxygen atoms in total. The van der Waals surface area contributed by atoms with Gasteiger partial charge in [0, 0.05) is 0 Å². The predicted octanol–water partition coefficient (Wildman–Crippen LogP) is 1.17. The van der Waals surface area contributed by atoms with Crippen molar-refractivity contribution in [3.8, 4) is 6.07 Å². The van der Waals surface area contributed by atoms with Gasteiger partial charge in [0.1, 0.15) is 0 Å². The maximum atomic E-state index is 8.91. The van der Waals surface area contributed by atoms with Crippen molar-refractivity contribution in [3.63, 3.8) is 0 Å². The molecular formula is C11H14N2O. The number of rotatable bonds is 2. The van der Waals surface area contributed by atoms with Crippen LogP contribution in [0.2, 0.25) is 0 Å². The van der Waals surface area contributed by atoms with E-state index in [1.807, 2.05) is 26.0 Å². The molecule has 0 heterocycles. The van der Waals surface area contributed by atoms with Crippen LogP contribution >= 0.6 is 0 Å².